The zero-order chi connectivity index (χ0) is 18.1. The van der Waals surface area contributed by atoms with Gasteiger partial charge in [-0.25, -0.2) is 0 Å². The van der Waals surface area contributed by atoms with Gasteiger partial charge in [-0.15, -0.1) is 0 Å². The van der Waals surface area contributed by atoms with Crippen LogP contribution in [0.15, 0.2) is 35.0 Å². The summed E-state index contributed by atoms with van der Waals surface area (Å²) in [5.74, 6) is 0.980. The van der Waals surface area contributed by atoms with E-state index in [4.69, 9.17) is 4.52 Å². The van der Waals surface area contributed by atoms with Crippen LogP contribution in [-0.2, 0) is 11.3 Å². The Morgan fingerprint density at radius 1 is 1.31 bits per heavy atom. The lowest BCUT2D eigenvalue weighted by Gasteiger charge is -2.46. The van der Waals surface area contributed by atoms with Crippen LogP contribution in [0.2, 0.25) is 0 Å². The van der Waals surface area contributed by atoms with Crippen LogP contribution in [0, 0.1) is 5.41 Å². The van der Waals surface area contributed by atoms with E-state index in [1.54, 1.807) is 18.1 Å². The van der Waals surface area contributed by atoms with Crippen LogP contribution in [0.4, 0.5) is 0 Å². The van der Waals surface area contributed by atoms with E-state index in [0.29, 0.717) is 19.5 Å². The van der Waals surface area contributed by atoms with E-state index < -0.39 is 11.5 Å². The molecule has 138 valence electrons. The van der Waals surface area contributed by atoms with Crippen LogP contribution in [-0.4, -0.2) is 63.7 Å². The van der Waals surface area contributed by atoms with E-state index in [1.165, 1.54) is 0 Å². The second-order valence-corrected chi connectivity index (χ2v) is 7.49. The van der Waals surface area contributed by atoms with Gasteiger partial charge in [-0.05, 0) is 44.5 Å². The molecule has 1 spiro atoms. The molecule has 0 aliphatic carbocycles. The fourth-order valence-electron chi connectivity index (χ4n) is 4.21. The minimum absolute atomic E-state index is 0.180. The molecule has 2 aliphatic heterocycles. The molecule has 1 atom stereocenters. The lowest BCUT2D eigenvalue weighted by atomic mass is 9.71. The third-order valence-electron chi connectivity index (χ3n) is 5.59. The maximum Gasteiger partial charge on any atom is 0.228 e. The van der Waals surface area contributed by atoms with Gasteiger partial charge in [-0.3, -0.25) is 14.7 Å². The summed E-state index contributed by atoms with van der Waals surface area (Å²) < 4.78 is 5.47. The van der Waals surface area contributed by atoms with E-state index in [-0.39, 0.29) is 5.91 Å². The summed E-state index contributed by atoms with van der Waals surface area (Å²) in [7, 11) is 1.78. The lowest BCUT2D eigenvalue weighted by Crippen LogP contribution is -2.56. The minimum Gasteiger partial charge on any atom is -0.391 e. The third-order valence-corrected chi connectivity index (χ3v) is 5.59. The molecule has 1 N–H and O–H groups in total. The largest absolute Gasteiger partial charge is 0.391 e. The maximum atomic E-state index is 12.6. The summed E-state index contributed by atoms with van der Waals surface area (Å²) in [6.45, 7) is 2.74. The number of nitrogens with zero attached hydrogens (tertiary/aromatic N) is 4. The van der Waals surface area contributed by atoms with Crippen LogP contribution in [0.3, 0.4) is 0 Å². The van der Waals surface area contributed by atoms with Crippen molar-refractivity contribution in [2.45, 2.75) is 31.9 Å². The Morgan fingerprint density at radius 3 is 2.85 bits per heavy atom. The molecule has 1 amide bonds. The molecule has 2 fully saturated rings. The summed E-state index contributed by atoms with van der Waals surface area (Å²) in [6, 6.07) is 7.63. The molecule has 2 saturated heterocycles. The molecule has 0 saturated carbocycles. The highest BCUT2D eigenvalue weighted by molar-refractivity contribution is 5.83. The fraction of sp³-hybridized carbons (Fsp3) is 0.526. The molecule has 26 heavy (non-hydrogen) atoms. The highest BCUT2D eigenvalue weighted by Crippen LogP contribution is 2.40. The van der Waals surface area contributed by atoms with Gasteiger partial charge in [-0.1, -0.05) is 11.2 Å². The number of hydrogen-bond acceptors (Lipinski definition) is 6. The first kappa shape index (κ1) is 17.2. The first-order chi connectivity index (χ1) is 12.6. The molecule has 0 aromatic carbocycles. The highest BCUT2D eigenvalue weighted by atomic mass is 16.5. The van der Waals surface area contributed by atoms with Crippen LogP contribution < -0.4 is 0 Å². The molecule has 4 heterocycles. The van der Waals surface area contributed by atoms with Crippen molar-refractivity contribution in [3.8, 4) is 11.4 Å². The third kappa shape index (κ3) is 3.24. The molecule has 4 rings (SSSR count). The molecule has 7 nitrogen and oxygen atoms in total. The Hall–Kier alpha value is -2.25. The van der Waals surface area contributed by atoms with Gasteiger partial charge >= 0.3 is 0 Å². The number of aliphatic hydroxyl groups is 1. The summed E-state index contributed by atoms with van der Waals surface area (Å²) in [5.41, 5.74) is 1.13. The van der Waals surface area contributed by atoms with Crippen LogP contribution in [0.5, 0.6) is 0 Å². The molecule has 1 unspecified atom stereocenters. The number of hydrogen-bond donors (Lipinski definition) is 1. The second-order valence-electron chi connectivity index (χ2n) is 7.49. The number of piperidine rings is 2. The Kier molecular flexibility index (Phi) is 4.50. The molecular weight excluding hydrogens is 332 g/mol. The number of β-amino-alcohol motifs (C(OH)–C–C–N with tert-alkyl or cyclic N) is 1. The van der Waals surface area contributed by atoms with Gasteiger partial charge < -0.3 is 14.5 Å². The first-order valence-electron chi connectivity index (χ1n) is 9.09. The van der Waals surface area contributed by atoms with E-state index in [1.807, 2.05) is 24.3 Å². The molecule has 2 aromatic heterocycles. The van der Waals surface area contributed by atoms with Crippen molar-refractivity contribution in [3.63, 3.8) is 0 Å². The molecule has 2 aliphatic rings. The maximum absolute atomic E-state index is 12.6. The topological polar surface area (TPSA) is 82.7 Å². The lowest BCUT2D eigenvalue weighted by molar-refractivity contribution is -0.154. The van der Waals surface area contributed by atoms with E-state index >= 15 is 0 Å². The second kappa shape index (κ2) is 6.81. The molecule has 0 radical (unpaired) electrons. The zero-order valence-electron chi connectivity index (χ0n) is 15.0. The van der Waals surface area contributed by atoms with Gasteiger partial charge in [0.1, 0.15) is 5.69 Å². The number of rotatable bonds is 3. The van der Waals surface area contributed by atoms with Crippen molar-refractivity contribution in [2.24, 2.45) is 5.41 Å². The van der Waals surface area contributed by atoms with Crippen LogP contribution in [0.25, 0.3) is 11.4 Å². The Balaban J connectivity index is 1.39. The van der Waals surface area contributed by atoms with Crippen molar-refractivity contribution in [1.29, 1.82) is 0 Å². The SMILES string of the molecule is CN1CC(O)CC2(CCN(Cc3cc(-c4ccccn4)no3)CC2)C1=O. The smallest absolute Gasteiger partial charge is 0.228 e. The summed E-state index contributed by atoms with van der Waals surface area (Å²) >= 11 is 0. The first-order valence-corrected chi connectivity index (χ1v) is 9.09. The van der Waals surface area contributed by atoms with Crippen molar-refractivity contribution in [2.75, 3.05) is 26.7 Å². The monoisotopic (exact) mass is 356 g/mol. The molecule has 2 aromatic rings. The number of likely N-dealkylation sites (N-methyl/N-ethyl adjacent to an activating group) is 1. The van der Waals surface area contributed by atoms with Gasteiger partial charge in [0.05, 0.1) is 23.8 Å². The molecule has 0 bridgehead atoms. The number of likely N-dealkylation sites (tertiary alicyclic amines) is 2. The normalized spacial score (nSPS) is 23.5. The summed E-state index contributed by atoms with van der Waals surface area (Å²) in [5, 5.41) is 14.2. The number of pyridine rings is 1. The summed E-state index contributed by atoms with van der Waals surface area (Å²) in [6.07, 6.45) is 3.44. The zero-order valence-corrected chi connectivity index (χ0v) is 15.0. The van der Waals surface area contributed by atoms with E-state index in [9.17, 15) is 9.90 Å². The molecular formula is C19H24N4O3. The van der Waals surface area contributed by atoms with Crippen molar-refractivity contribution in [3.05, 3.63) is 36.2 Å². The molecule has 7 heteroatoms. The average Bonchev–Trinajstić information content (AvgIpc) is 3.11. The van der Waals surface area contributed by atoms with Crippen LogP contribution in [0.1, 0.15) is 25.0 Å². The highest BCUT2D eigenvalue weighted by Gasteiger charge is 2.47. The Bertz CT molecular complexity index is 768. The fourth-order valence-corrected chi connectivity index (χ4v) is 4.21. The van der Waals surface area contributed by atoms with Gasteiger partial charge in [0, 0.05) is 25.9 Å². The quantitative estimate of drug-likeness (QED) is 0.898. The van der Waals surface area contributed by atoms with Gasteiger partial charge in [0.2, 0.25) is 5.91 Å². The minimum atomic E-state index is -0.417. The predicted octanol–water partition coefficient (Wildman–Crippen LogP) is 1.54. The Labute approximate surface area is 152 Å². The number of carbonyl (C=O) groups excluding carboxylic acids is 1. The standard InChI is InChI=1S/C19H24N4O3/c1-22-12-14(24)11-19(18(22)25)5-8-23(9-6-19)13-15-10-17(21-26-15)16-4-2-3-7-20-16/h2-4,7,10,14,24H,5-6,8-9,11-13H2,1H3. The van der Waals surface area contributed by atoms with Crippen molar-refractivity contribution < 1.29 is 14.4 Å². The van der Waals surface area contributed by atoms with Crippen LogP contribution >= 0.6 is 0 Å². The van der Waals surface area contributed by atoms with Gasteiger partial charge in [-0.2, -0.15) is 0 Å². The number of amides is 1. The van der Waals surface area contributed by atoms with Gasteiger partial charge in [0.25, 0.3) is 0 Å². The van der Waals surface area contributed by atoms with E-state index in [2.05, 4.69) is 15.0 Å². The van der Waals surface area contributed by atoms with Crippen molar-refractivity contribution in [1.82, 2.24) is 19.9 Å². The Morgan fingerprint density at radius 2 is 2.12 bits per heavy atom. The van der Waals surface area contributed by atoms with Crippen molar-refractivity contribution >= 4 is 5.91 Å². The number of aliphatic hydroxyl groups excluding tert-OH is 1. The predicted molar refractivity (Wildman–Crippen MR) is 94.9 cm³/mol. The number of aromatic nitrogens is 2. The van der Waals surface area contributed by atoms with Gasteiger partial charge in [0.15, 0.2) is 5.76 Å². The number of carbonyl (C=O) groups is 1. The van der Waals surface area contributed by atoms with E-state index in [0.717, 1.165) is 43.1 Å². The summed E-state index contributed by atoms with van der Waals surface area (Å²) in [4.78, 5) is 20.9. The average molecular weight is 356 g/mol.